The first-order valence-corrected chi connectivity index (χ1v) is 6.58. The van der Waals surface area contributed by atoms with Gasteiger partial charge in [0.1, 0.15) is 5.82 Å². The van der Waals surface area contributed by atoms with Crippen LogP contribution in [0.2, 0.25) is 0 Å². The van der Waals surface area contributed by atoms with Crippen LogP contribution >= 0.6 is 12.4 Å². The number of piperazine rings is 1. The van der Waals surface area contributed by atoms with E-state index in [0.29, 0.717) is 31.7 Å². The minimum Gasteiger partial charge on any atom is -0.338 e. The lowest BCUT2D eigenvalue weighted by atomic mass is 10.1. The number of nitrogens with two attached hydrogens (primary N) is 1. The summed E-state index contributed by atoms with van der Waals surface area (Å²) in [6, 6.07) is 4.95. The van der Waals surface area contributed by atoms with Gasteiger partial charge in [0.25, 0.3) is 5.91 Å². The molecule has 116 valence electrons. The van der Waals surface area contributed by atoms with Crippen LogP contribution in [0.25, 0.3) is 0 Å². The van der Waals surface area contributed by atoms with Gasteiger partial charge in [-0.05, 0) is 31.2 Å². The molecule has 1 saturated heterocycles. The van der Waals surface area contributed by atoms with Crippen molar-refractivity contribution in [3.05, 3.63) is 35.6 Å². The van der Waals surface area contributed by atoms with Crippen LogP contribution in [-0.4, -0.2) is 53.8 Å². The standard InChI is InChI=1S/C14H18FN3O2.ClH/c1-10(16)13(19)17-6-8-18(9-7-17)14(20)11-2-4-12(15)5-3-11;/h2-5,10H,6-9,16H2,1H3;1H. The first kappa shape index (κ1) is 17.4. The fraction of sp³-hybridized carbons (Fsp3) is 0.429. The third kappa shape index (κ3) is 4.15. The van der Waals surface area contributed by atoms with Gasteiger partial charge in [0.2, 0.25) is 5.91 Å². The van der Waals surface area contributed by atoms with Crippen LogP contribution in [0.3, 0.4) is 0 Å². The molecular weight excluding hydrogens is 297 g/mol. The summed E-state index contributed by atoms with van der Waals surface area (Å²) in [5, 5.41) is 0. The summed E-state index contributed by atoms with van der Waals surface area (Å²) in [5.41, 5.74) is 6.02. The molecule has 1 heterocycles. The second-order valence-corrected chi connectivity index (χ2v) is 4.91. The molecule has 1 aliphatic rings. The maximum absolute atomic E-state index is 12.8. The average molecular weight is 316 g/mol. The van der Waals surface area contributed by atoms with Crippen molar-refractivity contribution >= 4 is 24.2 Å². The van der Waals surface area contributed by atoms with Crippen LogP contribution in [0.15, 0.2) is 24.3 Å². The molecule has 1 fully saturated rings. The SMILES string of the molecule is CC(N)C(=O)N1CCN(C(=O)c2ccc(F)cc2)CC1.Cl. The largest absolute Gasteiger partial charge is 0.338 e. The molecule has 2 amide bonds. The minimum absolute atomic E-state index is 0. The molecule has 21 heavy (non-hydrogen) atoms. The quantitative estimate of drug-likeness (QED) is 0.881. The summed E-state index contributed by atoms with van der Waals surface area (Å²) in [6.45, 7) is 3.54. The average Bonchev–Trinajstić information content (AvgIpc) is 2.46. The third-order valence-corrected chi connectivity index (χ3v) is 3.36. The van der Waals surface area contributed by atoms with Crippen LogP contribution in [0.5, 0.6) is 0 Å². The summed E-state index contributed by atoms with van der Waals surface area (Å²) in [7, 11) is 0. The Bertz CT molecular complexity index is 499. The molecule has 1 aromatic rings. The van der Waals surface area contributed by atoms with Crippen molar-refractivity contribution in [1.82, 2.24) is 9.80 Å². The number of hydrogen-bond donors (Lipinski definition) is 1. The van der Waals surface area contributed by atoms with Gasteiger partial charge in [0.15, 0.2) is 0 Å². The molecular formula is C14H19ClFN3O2. The Balaban J connectivity index is 0.00000220. The smallest absolute Gasteiger partial charge is 0.253 e. The van der Waals surface area contributed by atoms with E-state index in [-0.39, 0.29) is 30.0 Å². The van der Waals surface area contributed by atoms with Gasteiger partial charge in [-0.15, -0.1) is 12.4 Å². The van der Waals surface area contributed by atoms with E-state index < -0.39 is 6.04 Å². The van der Waals surface area contributed by atoms with Gasteiger partial charge in [-0.25, -0.2) is 4.39 Å². The molecule has 5 nitrogen and oxygen atoms in total. The second-order valence-electron chi connectivity index (χ2n) is 4.91. The second kappa shape index (κ2) is 7.38. The van der Waals surface area contributed by atoms with Crippen LogP contribution in [0.1, 0.15) is 17.3 Å². The molecule has 0 aromatic heterocycles. The lowest BCUT2D eigenvalue weighted by Crippen LogP contribution is -2.53. The fourth-order valence-corrected chi connectivity index (χ4v) is 2.19. The normalized spacial score (nSPS) is 16.1. The number of benzene rings is 1. The summed E-state index contributed by atoms with van der Waals surface area (Å²) >= 11 is 0. The summed E-state index contributed by atoms with van der Waals surface area (Å²) in [4.78, 5) is 27.3. The van der Waals surface area contributed by atoms with Gasteiger partial charge in [-0.1, -0.05) is 0 Å². The molecule has 7 heteroatoms. The first-order valence-electron chi connectivity index (χ1n) is 6.58. The van der Waals surface area contributed by atoms with E-state index in [4.69, 9.17) is 5.73 Å². The van der Waals surface area contributed by atoms with Crippen molar-refractivity contribution in [2.24, 2.45) is 5.73 Å². The Morgan fingerprint density at radius 3 is 2.05 bits per heavy atom. The Morgan fingerprint density at radius 2 is 1.57 bits per heavy atom. The molecule has 2 rings (SSSR count). The number of carbonyl (C=O) groups is 2. The van der Waals surface area contributed by atoms with Crippen LogP contribution < -0.4 is 5.73 Å². The highest BCUT2D eigenvalue weighted by atomic mass is 35.5. The topological polar surface area (TPSA) is 66.6 Å². The van der Waals surface area contributed by atoms with E-state index in [9.17, 15) is 14.0 Å². The molecule has 2 N–H and O–H groups in total. The molecule has 1 unspecified atom stereocenters. The molecule has 0 saturated carbocycles. The number of hydrogen-bond acceptors (Lipinski definition) is 3. The van der Waals surface area contributed by atoms with Crippen molar-refractivity contribution < 1.29 is 14.0 Å². The zero-order valence-corrected chi connectivity index (χ0v) is 12.6. The maximum atomic E-state index is 12.8. The number of carbonyl (C=O) groups excluding carboxylic acids is 2. The van der Waals surface area contributed by atoms with Gasteiger partial charge in [0.05, 0.1) is 6.04 Å². The van der Waals surface area contributed by atoms with E-state index in [1.54, 1.807) is 16.7 Å². The molecule has 0 aliphatic carbocycles. The number of nitrogens with zero attached hydrogens (tertiary/aromatic N) is 2. The lowest BCUT2D eigenvalue weighted by molar-refractivity contribution is -0.133. The third-order valence-electron chi connectivity index (χ3n) is 3.36. The Morgan fingerprint density at radius 1 is 1.10 bits per heavy atom. The van der Waals surface area contributed by atoms with Crippen molar-refractivity contribution in [3.63, 3.8) is 0 Å². The van der Waals surface area contributed by atoms with Gasteiger partial charge >= 0.3 is 0 Å². The van der Waals surface area contributed by atoms with Crippen LogP contribution in [0, 0.1) is 5.82 Å². The Kier molecular flexibility index (Phi) is 6.11. The zero-order chi connectivity index (χ0) is 14.7. The number of halogens is 2. The van der Waals surface area contributed by atoms with E-state index in [1.165, 1.54) is 24.3 Å². The highest BCUT2D eigenvalue weighted by Crippen LogP contribution is 2.10. The Hall–Kier alpha value is -1.66. The van der Waals surface area contributed by atoms with Crippen molar-refractivity contribution in [1.29, 1.82) is 0 Å². The van der Waals surface area contributed by atoms with Crippen molar-refractivity contribution in [3.8, 4) is 0 Å². The van der Waals surface area contributed by atoms with Gasteiger partial charge < -0.3 is 15.5 Å². The summed E-state index contributed by atoms with van der Waals surface area (Å²) in [5.74, 6) is -0.606. The predicted molar refractivity (Wildman–Crippen MR) is 79.8 cm³/mol. The van der Waals surface area contributed by atoms with Gasteiger partial charge in [0, 0.05) is 31.7 Å². The molecule has 0 bridgehead atoms. The van der Waals surface area contributed by atoms with E-state index in [2.05, 4.69) is 0 Å². The minimum atomic E-state index is -0.519. The molecule has 1 aromatic carbocycles. The van der Waals surface area contributed by atoms with E-state index in [0.717, 1.165) is 0 Å². The van der Waals surface area contributed by atoms with Crippen molar-refractivity contribution in [2.45, 2.75) is 13.0 Å². The highest BCUT2D eigenvalue weighted by molar-refractivity contribution is 5.94. The fourth-order valence-electron chi connectivity index (χ4n) is 2.19. The zero-order valence-electron chi connectivity index (χ0n) is 11.8. The highest BCUT2D eigenvalue weighted by Gasteiger charge is 2.26. The number of rotatable bonds is 2. The van der Waals surface area contributed by atoms with Crippen LogP contribution in [0.4, 0.5) is 4.39 Å². The van der Waals surface area contributed by atoms with Crippen molar-refractivity contribution in [2.75, 3.05) is 26.2 Å². The van der Waals surface area contributed by atoms with Crippen LogP contribution in [-0.2, 0) is 4.79 Å². The molecule has 0 spiro atoms. The predicted octanol–water partition coefficient (Wildman–Crippen LogP) is 0.879. The summed E-state index contributed by atoms with van der Waals surface area (Å²) < 4.78 is 12.8. The number of amides is 2. The van der Waals surface area contributed by atoms with Gasteiger partial charge in [-0.3, -0.25) is 9.59 Å². The summed E-state index contributed by atoms with van der Waals surface area (Å²) in [6.07, 6.45) is 0. The van der Waals surface area contributed by atoms with E-state index in [1.807, 2.05) is 0 Å². The Labute approximate surface area is 129 Å². The van der Waals surface area contributed by atoms with E-state index >= 15 is 0 Å². The molecule has 1 aliphatic heterocycles. The molecule has 0 radical (unpaired) electrons. The lowest BCUT2D eigenvalue weighted by Gasteiger charge is -2.35. The first-order chi connectivity index (χ1) is 9.49. The maximum Gasteiger partial charge on any atom is 0.253 e. The molecule has 1 atom stereocenters. The monoisotopic (exact) mass is 315 g/mol. The van der Waals surface area contributed by atoms with Gasteiger partial charge in [-0.2, -0.15) is 0 Å².